The van der Waals surface area contributed by atoms with Gasteiger partial charge in [0, 0.05) is 18.9 Å². The molecular weight excluding hydrogens is 354 g/mol. The SMILES string of the molecule is O=C(O)CCC(Cc1ccccc1)NS(=O)(=O)c1cccc2c1OCC2. The first-order valence-corrected chi connectivity index (χ1v) is 9.97. The third kappa shape index (κ3) is 4.42. The van der Waals surface area contributed by atoms with Crippen molar-refractivity contribution >= 4 is 16.0 Å². The summed E-state index contributed by atoms with van der Waals surface area (Å²) in [5.41, 5.74) is 1.82. The van der Waals surface area contributed by atoms with Gasteiger partial charge in [-0.05, 0) is 30.0 Å². The van der Waals surface area contributed by atoms with Gasteiger partial charge >= 0.3 is 5.97 Å². The molecule has 26 heavy (non-hydrogen) atoms. The van der Waals surface area contributed by atoms with E-state index >= 15 is 0 Å². The maximum Gasteiger partial charge on any atom is 0.303 e. The van der Waals surface area contributed by atoms with Crippen LogP contribution in [0.1, 0.15) is 24.0 Å². The van der Waals surface area contributed by atoms with Crippen LogP contribution >= 0.6 is 0 Å². The molecule has 0 aliphatic carbocycles. The molecule has 0 bridgehead atoms. The quantitative estimate of drug-likeness (QED) is 0.739. The molecule has 0 fully saturated rings. The first-order chi connectivity index (χ1) is 12.5. The summed E-state index contributed by atoms with van der Waals surface area (Å²) in [4.78, 5) is 11.1. The minimum absolute atomic E-state index is 0.108. The molecule has 2 aromatic rings. The lowest BCUT2D eigenvalue weighted by molar-refractivity contribution is -0.137. The molecule has 0 saturated heterocycles. The van der Waals surface area contributed by atoms with Crippen LogP contribution in [0.4, 0.5) is 0 Å². The summed E-state index contributed by atoms with van der Waals surface area (Å²) < 4.78 is 34.0. The highest BCUT2D eigenvalue weighted by molar-refractivity contribution is 7.89. The number of ether oxygens (including phenoxy) is 1. The molecular formula is C19H21NO5S. The second-order valence-corrected chi connectivity index (χ2v) is 7.97. The van der Waals surface area contributed by atoms with Gasteiger partial charge in [0.05, 0.1) is 6.61 Å². The third-order valence-electron chi connectivity index (χ3n) is 4.32. The highest BCUT2D eigenvalue weighted by Crippen LogP contribution is 2.32. The summed E-state index contributed by atoms with van der Waals surface area (Å²) in [6.07, 6.45) is 1.21. The van der Waals surface area contributed by atoms with Gasteiger partial charge in [-0.15, -0.1) is 0 Å². The molecule has 0 saturated carbocycles. The van der Waals surface area contributed by atoms with Crippen molar-refractivity contribution in [3.05, 3.63) is 59.7 Å². The van der Waals surface area contributed by atoms with Crippen molar-refractivity contribution in [3.8, 4) is 5.75 Å². The van der Waals surface area contributed by atoms with E-state index in [9.17, 15) is 13.2 Å². The standard InChI is InChI=1S/C19H21NO5S/c21-18(22)10-9-16(13-14-5-2-1-3-6-14)20-26(23,24)17-8-4-7-15-11-12-25-19(15)17/h1-8,16,20H,9-13H2,(H,21,22). The fraction of sp³-hybridized carbons (Fsp3) is 0.316. The number of rotatable bonds is 8. The molecule has 1 unspecified atom stereocenters. The molecule has 0 amide bonds. The Morgan fingerprint density at radius 2 is 1.92 bits per heavy atom. The van der Waals surface area contributed by atoms with Gasteiger partial charge in [0.2, 0.25) is 10.0 Å². The van der Waals surface area contributed by atoms with Gasteiger partial charge in [-0.1, -0.05) is 42.5 Å². The highest BCUT2D eigenvalue weighted by Gasteiger charge is 2.27. The number of carbonyl (C=O) groups is 1. The van der Waals surface area contributed by atoms with E-state index in [1.165, 1.54) is 6.07 Å². The molecule has 0 spiro atoms. The Balaban J connectivity index is 1.83. The van der Waals surface area contributed by atoms with E-state index in [4.69, 9.17) is 9.84 Å². The zero-order valence-corrected chi connectivity index (χ0v) is 15.0. The van der Waals surface area contributed by atoms with Crippen LogP contribution in [-0.2, 0) is 27.7 Å². The Morgan fingerprint density at radius 3 is 2.65 bits per heavy atom. The van der Waals surface area contributed by atoms with Gasteiger partial charge in [0.1, 0.15) is 10.6 Å². The maximum atomic E-state index is 12.9. The summed E-state index contributed by atoms with van der Waals surface area (Å²) in [5, 5.41) is 8.97. The molecule has 2 aromatic carbocycles. The lowest BCUT2D eigenvalue weighted by Crippen LogP contribution is -2.37. The van der Waals surface area contributed by atoms with Gasteiger partial charge < -0.3 is 9.84 Å². The molecule has 6 nitrogen and oxygen atoms in total. The van der Waals surface area contributed by atoms with Crippen molar-refractivity contribution in [2.24, 2.45) is 0 Å². The lowest BCUT2D eigenvalue weighted by atomic mass is 10.0. The van der Waals surface area contributed by atoms with Gasteiger partial charge in [0.15, 0.2) is 0 Å². The number of hydrogen-bond donors (Lipinski definition) is 2. The fourth-order valence-corrected chi connectivity index (χ4v) is 4.54. The van der Waals surface area contributed by atoms with Crippen molar-refractivity contribution in [1.82, 2.24) is 4.72 Å². The average molecular weight is 375 g/mol. The molecule has 1 aliphatic heterocycles. The number of carboxylic acids is 1. The van der Waals surface area contributed by atoms with Crippen LogP contribution in [-0.4, -0.2) is 32.1 Å². The molecule has 1 heterocycles. The molecule has 3 rings (SSSR count). The molecule has 2 N–H and O–H groups in total. The number of aliphatic carboxylic acids is 1. The van der Waals surface area contributed by atoms with Crippen molar-refractivity contribution in [3.63, 3.8) is 0 Å². The van der Waals surface area contributed by atoms with E-state index in [2.05, 4.69) is 4.72 Å². The summed E-state index contributed by atoms with van der Waals surface area (Å²) in [7, 11) is -3.82. The molecule has 1 atom stereocenters. The third-order valence-corrected chi connectivity index (χ3v) is 5.87. The lowest BCUT2D eigenvalue weighted by Gasteiger charge is -2.19. The summed E-state index contributed by atoms with van der Waals surface area (Å²) in [5.74, 6) is -0.553. The summed E-state index contributed by atoms with van der Waals surface area (Å²) in [6.45, 7) is 0.467. The number of benzene rings is 2. The van der Waals surface area contributed by atoms with Crippen molar-refractivity contribution in [2.45, 2.75) is 36.6 Å². The van der Waals surface area contributed by atoms with Crippen molar-refractivity contribution < 1.29 is 23.1 Å². The molecule has 138 valence electrons. The summed E-state index contributed by atoms with van der Waals surface area (Å²) >= 11 is 0. The Kier molecular flexibility index (Phi) is 5.58. The first-order valence-electron chi connectivity index (χ1n) is 8.48. The smallest absolute Gasteiger partial charge is 0.303 e. The number of hydrogen-bond acceptors (Lipinski definition) is 4. The Morgan fingerprint density at radius 1 is 1.15 bits per heavy atom. The van der Waals surface area contributed by atoms with Gasteiger partial charge in [0.25, 0.3) is 0 Å². The van der Waals surface area contributed by atoms with Crippen LogP contribution in [0.15, 0.2) is 53.4 Å². The van der Waals surface area contributed by atoms with Crippen molar-refractivity contribution in [1.29, 1.82) is 0 Å². The number of sulfonamides is 1. The van der Waals surface area contributed by atoms with Crippen LogP contribution in [0, 0.1) is 0 Å². The second kappa shape index (κ2) is 7.88. The van der Waals surface area contributed by atoms with Crippen LogP contribution in [0.25, 0.3) is 0 Å². The average Bonchev–Trinajstić information content (AvgIpc) is 3.09. The number of fused-ring (bicyclic) bond motifs is 1. The first kappa shape index (κ1) is 18.4. The van der Waals surface area contributed by atoms with Gasteiger partial charge in [-0.25, -0.2) is 13.1 Å². The normalized spacial score (nSPS) is 14.5. The number of para-hydroxylation sites is 1. The molecule has 7 heteroatoms. The van der Waals surface area contributed by atoms with Crippen LogP contribution in [0.3, 0.4) is 0 Å². The Bertz CT molecular complexity index is 880. The van der Waals surface area contributed by atoms with Gasteiger partial charge in [-0.2, -0.15) is 0 Å². The monoisotopic (exact) mass is 375 g/mol. The van der Waals surface area contributed by atoms with E-state index in [0.29, 0.717) is 25.2 Å². The van der Waals surface area contributed by atoms with E-state index in [1.807, 2.05) is 36.4 Å². The van der Waals surface area contributed by atoms with Crippen molar-refractivity contribution in [2.75, 3.05) is 6.61 Å². The van der Waals surface area contributed by atoms with Crippen LogP contribution in [0.5, 0.6) is 5.75 Å². The van der Waals surface area contributed by atoms with E-state index in [0.717, 1.165) is 11.1 Å². The topological polar surface area (TPSA) is 92.7 Å². The highest BCUT2D eigenvalue weighted by atomic mass is 32.2. The number of carboxylic acid groups (broad SMARTS) is 1. The molecule has 0 radical (unpaired) electrons. The maximum absolute atomic E-state index is 12.9. The Hall–Kier alpha value is -2.38. The number of nitrogens with one attached hydrogen (secondary N) is 1. The van der Waals surface area contributed by atoms with E-state index < -0.39 is 22.0 Å². The predicted octanol–water partition coefficient (Wildman–Crippen LogP) is 2.38. The van der Waals surface area contributed by atoms with Gasteiger partial charge in [-0.3, -0.25) is 4.79 Å². The summed E-state index contributed by atoms with van der Waals surface area (Å²) in [6, 6.07) is 14.0. The minimum Gasteiger partial charge on any atom is -0.492 e. The van der Waals surface area contributed by atoms with Crippen LogP contribution in [0.2, 0.25) is 0 Å². The predicted molar refractivity (Wildman–Crippen MR) is 96.8 cm³/mol. The second-order valence-electron chi connectivity index (χ2n) is 6.28. The molecule has 0 aromatic heterocycles. The van der Waals surface area contributed by atoms with E-state index in [-0.39, 0.29) is 17.7 Å². The Labute approximate surface area is 152 Å². The van der Waals surface area contributed by atoms with Crippen LogP contribution < -0.4 is 9.46 Å². The van der Waals surface area contributed by atoms with E-state index in [1.54, 1.807) is 6.07 Å². The fourth-order valence-electron chi connectivity index (χ4n) is 3.08. The zero-order chi connectivity index (χ0) is 18.6. The zero-order valence-electron chi connectivity index (χ0n) is 14.2. The largest absolute Gasteiger partial charge is 0.492 e. The molecule has 1 aliphatic rings. The minimum atomic E-state index is -3.82.